The Hall–Kier alpha value is -2.99. The smallest absolute Gasteiger partial charge is 0.339 e. The first-order valence-electron chi connectivity index (χ1n) is 9.07. The van der Waals surface area contributed by atoms with Gasteiger partial charge in [0.2, 0.25) is 0 Å². The monoisotopic (exact) mass is 395 g/mol. The summed E-state index contributed by atoms with van der Waals surface area (Å²) in [7, 11) is 0. The zero-order valence-electron chi connectivity index (χ0n) is 15.2. The van der Waals surface area contributed by atoms with Crippen molar-refractivity contribution >= 4 is 40.1 Å². The molecule has 1 atom stereocenters. The van der Waals surface area contributed by atoms with Crippen LogP contribution in [0.4, 0.5) is 5.69 Å². The minimum atomic E-state index is -0.993. The lowest BCUT2D eigenvalue weighted by molar-refractivity contribution is -0.123. The van der Waals surface area contributed by atoms with Gasteiger partial charge < -0.3 is 10.1 Å². The second-order valence-electron chi connectivity index (χ2n) is 6.66. The van der Waals surface area contributed by atoms with Gasteiger partial charge in [-0.3, -0.25) is 9.78 Å². The fourth-order valence-electron chi connectivity index (χ4n) is 3.43. The Bertz CT molecular complexity index is 1080. The summed E-state index contributed by atoms with van der Waals surface area (Å²) in [5.41, 5.74) is 3.50. The molecule has 1 N–H and O–H groups in total. The van der Waals surface area contributed by atoms with Crippen LogP contribution in [0, 0.1) is 0 Å². The Morgan fingerprint density at radius 1 is 1.18 bits per heavy atom. The molecule has 142 valence electrons. The molecule has 3 aromatic rings. The van der Waals surface area contributed by atoms with Crippen LogP contribution < -0.4 is 5.32 Å². The zero-order chi connectivity index (χ0) is 19.7. The summed E-state index contributed by atoms with van der Waals surface area (Å²) >= 11 is 5.96. The van der Waals surface area contributed by atoms with Crippen molar-refractivity contribution in [2.45, 2.75) is 32.3 Å². The minimum Gasteiger partial charge on any atom is -0.449 e. The van der Waals surface area contributed by atoms with Crippen molar-refractivity contribution in [3.8, 4) is 0 Å². The summed E-state index contributed by atoms with van der Waals surface area (Å²) < 4.78 is 5.50. The second-order valence-corrected chi connectivity index (χ2v) is 7.02. The fourth-order valence-corrected chi connectivity index (χ4v) is 3.60. The molecule has 0 radical (unpaired) electrons. The predicted octanol–water partition coefficient (Wildman–Crippen LogP) is 3.96. The molecule has 0 saturated carbocycles. The molecule has 2 heterocycles. The number of benzene rings is 1. The average Bonchev–Trinajstić information content (AvgIpc) is 3.15. The zero-order valence-corrected chi connectivity index (χ0v) is 16.0. The molecular weight excluding hydrogens is 378 g/mol. The number of hydrogen-bond acceptors (Lipinski definition) is 5. The summed E-state index contributed by atoms with van der Waals surface area (Å²) in [6, 6.07) is 10.8. The van der Waals surface area contributed by atoms with Crippen LogP contribution >= 0.6 is 11.6 Å². The highest BCUT2D eigenvalue weighted by molar-refractivity contribution is 6.32. The lowest BCUT2D eigenvalue weighted by Gasteiger charge is -2.16. The number of amides is 1. The van der Waals surface area contributed by atoms with Gasteiger partial charge in [0.1, 0.15) is 0 Å². The second kappa shape index (κ2) is 7.56. The van der Waals surface area contributed by atoms with E-state index in [-0.39, 0.29) is 5.15 Å². The molecule has 7 heteroatoms. The minimum absolute atomic E-state index is 0.173. The standard InChI is InChI=1S/C21H18ClN3O3/c1-12(20(26)25-17-10-5-11-23-19(17)22)28-21(27)18-13-6-2-3-8-15(13)24-16-9-4-7-14(16)18/h2-3,5-6,8,10-12H,4,7,9H2,1H3,(H,25,26)/t12-/m1/s1. The third-order valence-electron chi connectivity index (χ3n) is 4.79. The van der Waals surface area contributed by atoms with Gasteiger partial charge in [0.25, 0.3) is 5.91 Å². The van der Waals surface area contributed by atoms with Gasteiger partial charge in [0.15, 0.2) is 11.3 Å². The van der Waals surface area contributed by atoms with Crippen LogP contribution in [-0.4, -0.2) is 27.9 Å². The van der Waals surface area contributed by atoms with Crippen LogP contribution in [0.25, 0.3) is 10.9 Å². The van der Waals surface area contributed by atoms with Gasteiger partial charge in [0.05, 0.1) is 16.8 Å². The third-order valence-corrected chi connectivity index (χ3v) is 5.09. The van der Waals surface area contributed by atoms with E-state index in [1.54, 1.807) is 12.1 Å². The maximum atomic E-state index is 13.0. The molecule has 28 heavy (non-hydrogen) atoms. The first-order valence-corrected chi connectivity index (χ1v) is 9.45. The van der Waals surface area contributed by atoms with Crippen molar-refractivity contribution in [1.82, 2.24) is 9.97 Å². The number of nitrogens with one attached hydrogen (secondary N) is 1. The van der Waals surface area contributed by atoms with Gasteiger partial charge >= 0.3 is 5.97 Å². The predicted molar refractivity (Wildman–Crippen MR) is 107 cm³/mol. The molecule has 0 bridgehead atoms. The molecule has 6 nitrogen and oxygen atoms in total. The molecule has 0 spiro atoms. The molecule has 0 aliphatic heterocycles. The lowest BCUT2D eigenvalue weighted by Crippen LogP contribution is -2.30. The maximum Gasteiger partial charge on any atom is 0.339 e. The Morgan fingerprint density at radius 3 is 2.82 bits per heavy atom. The SMILES string of the molecule is C[C@@H](OC(=O)c1c2c(nc3ccccc13)CCC2)C(=O)Nc1cccnc1Cl. The molecule has 2 aromatic heterocycles. The normalized spacial score (nSPS) is 13.8. The van der Waals surface area contributed by atoms with E-state index in [0.717, 1.165) is 41.4 Å². The van der Waals surface area contributed by atoms with Crippen molar-refractivity contribution in [3.63, 3.8) is 0 Å². The molecular formula is C21H18ClN3O3. The average molecular weight is 396 g/mol. The maximum absolute atomic E-state index is 13.0. The van der Waals surface area contributed by atoms with E-state index in [9.17, 15) is 9.59 Å². The Morgan fingerprint density at radius 2 is 2.00 bits per heavy atom. The van der Waals surface area contributed by atoms with Crippen molar-refractivity contribution in [3.05, 3.63) is 64.6 Å². The topological polar surface area (TPSA) is 81.2 Å². The van der Waals surface area contributed by atoms with E-state index in [1.807, 2.05) is 24.3 Å². The number of rotatable bonds is 4. The number of para-hydroxylation sites is 1. The molecule has 1 aliphatic carbocycles. The number of aryl methyl sites for hydroxylation is 1. The Balaban J connectivity index is 1.59. The number of ether oxygens (including phenoxy) is 1. The van der Waals surface area contributed by atoms with E-state index < -0.39 is 18.0 Å². The van der Waals surface area contributed by atoms with Crippen LogP contribution in [0.2, 0.25) is 5.15 Å². The van der Waals surface area contributed by atoms with Crippen LogP contribution in [0.5, 0.6) is 0 Å². The molecule has 1 aliphatic rings. The van der Waals surface area contributed by atoms with Gasteiger partial charge in [0, 0.05) is 17.3 Å². The van der Waals surface area contributed by atoms with Crippen LogP contribution in [-0.2, 0) is 22.4 Å². The number of aromatic nitrogens is 2. The van der Waals surface area contributed by atoms with E-state index in [2.05, 4.69) is 15.3 Å². The van der Waals surface area contributed by atoms with Crippen LogP contribution in [0.1, 0.15) is 35.0 Å². The van der Waals surface area contributed by atoms with E-state index in [4.69, 9.17) is 16.3 Å². The number of esters is 1. The number of carbonyl (C=O) groups is 2. The van der Waals surface area contributed by atoms with E-state index >= 15 is 0 Å². The molecule has 1 aromatic carbocycles. The van der Waals surface area contributed by atoms with Crippen molar-refractivity contribution in [1.29, 1.82) is 0 Å². The summed E-state index contributed by atoms with van der Waals surface area (Å²) in [6.45, 7) is 1.53. The molecule has 0 fully saturated rings. The highest BCUT2D eigenvalue weighted by Gasteiger charge is 2.27. The van der Waals surface area contributed by atoms with Gasteiger partial charge in [-0.2, -0.15) is 0 Å². The number of fused-ring (bicyclic) bond motifs is 2. The quantitative estimate of drug-likeness (QED) is 0.534. The first kappa shape index (κ1) is 18.4. The van der Waals surface area contributed by atoms with Crippen molar-refractivity contribution < 1.29 is 14.3 Å². The molecule has 4 rings (SSSR count). The Kier molecular flexibility index (Phi) is 4.96. The third kappa shape index (κ3) is 3.43. The number of anilines is 1. The van der Waals surface area contributed by atoms with Crippen LogP contribution in [0.15, 0.2) is 42.6 Å². The first-order chi connectivity index (χ1) is 13.5. The molecule has 0 unspecified atom stereocenters. The van der Waals surface area contributed by atoms with Gasteiger partial charge in [-0.25, -0.2) is 9.78 Å². The summed E-state index contributed by atoms with van der Waals surface area (Å²) in [6.07, 6.45) is 3.11. The van der Waals surface area contributed by atoms with Crippen molar-refractivity contribution in [2.24, 2.45) is 0 Å². The largest absolute Gasteiger partial charge is 0.449 e. The highest BCUT2D eigenvalue weighted by Crippen LogP contribution is 2.30. The van der Waals surface area contributed by atoms with E-state index in [0.29, 0.717) is 11.3 Å². The molecule has 0 saturated heterocycles. The van der Waals surface area contributed by atoms with Gasteiger partial charge in [-0.15, -0.1) is 0 Å². The molecule has 1 amide bonds. The van der Waals surface area contributed by atoms with Crippen molar-refractivity contribution in [2.75, 3.05) is 5.32 Å². The number of halogens is 1. The van der Waals surface area contributed by atoms with Crippen LogP contribution in [0.3, 0.4) is 0 Å². The van der Waals surface area contributed by atoms with Gasteiger partial charge in [-0.05, 0) is 49.9 Å². The number of carbonyl (C=O) groups excluding carboxylic acids is 2. The lowest BCUT2D eigenvalue weighted by atomic mass is 10.0. The highest BCUT2D eigenvalue weighted by atomic mass is 35.5. The van der Waals surface area contributed by atoms with Gasteiger partial charge in [-0.1, -0.05) is 29.8 Å². The summed E-state index contributed by atoms with van der Waals surface area (Å²) in [5, 5.41) is 3.55. The number of pyridine rings is 2. The summed E-state index contributed by atoms with van der Waals surface area (Å²) in [4.78, 5) is 34.0. The number of hydrogen-bond donors (Lipinski definition) is 1. The number of nitrogens with zero attached hydrogens (tertiary/aromatic N) is 2. The fraction of sp³-hybridized carbons (Fsp3) is 0.238. The Labute approximate surface area is 166 Å². The van der Waals surface area contributed by atoms with E-state index in [1.165, 1.54) is 13.1 Å². The summed E-state index contributed by atoms with van der Waals surface area (Å²) in [5.74, 6) is -0.991.